The molecule has 5 heteroatoms. The molecule has 0 bridgehead atoms. The molecular formula is C17H30OS4. The summed E-state index contributed by atoms with van der Waals surface area (Å²) in [5, 5.41) is 0. The smallest absolute Gasteiger partial charge is 0.120 e. The molecule has 0 aliphatic carbocycles. The molecule has 0 radical (unpaired) electrons. The van der Waals surface area contributed by atoms with E-state index in [1.807, 2.05) is 59.0 Å². The third-order valence-corrected chi connectivity index (χ3v) is 6.18. The van der Waals surface area contributed by atoms with Crippen LogP contribution in [0.5, 0.6) is 0 Å². The average Bonchev–Trinajstić information content (AvgIpc) is 2.54. The van der Waals surface area contributed by atoms with Crippen LogP contribution >= 0.6 is 46.0 Å². The van der Waals surface area contributed by atoms with Crippen molar-refractivity contribution in [3.05, 3.63) is 29.8 Å². The predicted molar refractivity (Wildman–Crippen MR) is 113 cm³/mol. The highest BCUT2D eigenvalue weighted by molar-refractivity contribution is 8.76. The van der Waals surface area contributed by atoms with E-state index in [4.69, 9.17) is 0 Å². The quantitative estimate of drug-likeness (QED) is 0.243. The Bertz CT molecular complexity index is 318. The topological polar surface area (TPSA) is 17.1 Å². The molecule has 0 aromatic heterocycles. The Morgan fingerprint density at radius 3 is 1.86 bits per heavy atom. The van der Waals surface area contributed by atoms with Crippen LogP contribution in [0.1, 0.15) is 38.7 Å². The van der Waals surface area contributed by atoms with Gasteiger partial charge in [-0.15, -0.1) is 12.6 Å². The van der Waals surface area contributed by atoms with Gasteiger partial charge in [0.25, 0.3) is 0 Å². The number of carbonyl (C=O) groups is 1. The van der Waals surface area contributed by atoms with Crippen molar-refractivity contribution in [3.63, 3.8) is 0 Å². The zero-order valence-electron chi connectivity index (χ0n) is 14.2. The lowest BCUT2D eigenvalue weighted by molar-refractivity contribution is -0.107. The van der Waals surface area contributed by atoms with Crippen LogP contribution in [0.3, 0.4) is 0 Å². The highest BCUT2D eigenvalue weighted by Gasteiger charge is 1.85. The second-order valence-corrected chi connectivity index (χ2v) is 8.55. The average molecular weight is 379 g/mol. The molecule has 1 aromatic carbocycles. The van der Waals surface area contributed by atoms with Crippen LogP contribution in [0.2, 0.25) is 0 Å². The van der Waals surface area contributed by atoms with Crippen LogP contribution in [-0.2, 0) is 4.79 Å². The van der Waals surface area contributed by atoms with Gasteiger partial charge in [0.15, 0.2) is 0 Å². The standard InChI is InChI=1S/C7H8S.C6H14S2.C4H8OS/c1-6-4-2-3-5-7(6)8;1-3-5-7-8-6-4-2;1-6-4-2-3-5/h2-5,8H,1H3;3-6H2,1-2H3;3H,2,4H2,1H3. The number of thiol groups is 1. The molecule has 0 amide bonds. The normalized spacial score (nSPS) is 9.14. The van der Waals surface area contributed by atoms with Crippen molar-refractivity contribution in [3.8, 4) is 0 Å². The van der Waals surface area contributed by atoms with Gasteiger partial charge in [-0.1, -0.05) is 53.6 Å². The molecule has 0 unspecified atom stereocenters. The first-order valence-corrected chi connectivity index (χ1v) is 11.9. The number of thioether (sulfide) groups is 1. The summed E-state index contributed by atoms with van der Waals surface area (Å²) in [5.41, 5.74) is 1.23. The largest absolute Gasteiger partial charge is 0.303 e. The maximum atomic E-state index is 9.55. The predicted octanol–water partition coefficient (Wildman–Crippen LogP) is 6.41. The van der Waals surface area contributed by atoms with Gasteiger partial charge in [0.1, 0.15) is 6.29 Å². The summed E-state index contributed by atoms with van der Waals surface area (Å²) in [6.07, 6.45) is 6.24. The van der Waals surface area contributed by atoms with E-state index in [1.54, 1.807) is 11.8 Å². The lowest BCUT2D eigenvalue weighted by atomic mass is 10.2. The number of aryl methyl sites for hydroxylation is 1. The summed E-state index contributed by atoms with van der Waals surface area (Å²) in [6.45, 7) is 6.49. The summed E-state index contributed by atoms with van der Waals surface area (Å²) < 4.78 is 0. The van der Waals surface area contributed by atoms with E-state index >= 15 is 0 Å². The van der Waals surface area contributed by atoms with Gasteiger partial charge < -0.3 is 4.79 Å². The van der Waals surface area contributed by atoms with Crippen LogP contribution in [-0.4, -0.2) is 29.8 Å². The lowest BCUT2D eigenvalue weighted by Crippen LogP contribution is -1.75. The van der Waals surface area contributed by atoms with E-state index in [0.717, 1.165) is 16.9 Å². The summed E-state index contributed by atoms with van der Waals surface area (Å²) >= 11 is 5.89. The van der Waals surface area contributed by atoms with Crippen molar-refractivity contribution < 1.29 is 4.79 Å². The first kappa shape index (κ1) is 24.5. The molecule has 1 aromatic rings. The van der Waals surface area contributed by atoms with Crippen molar-refractivity contribution in [1.29, 1.82) is 0 Å². The SMILES string of the molecule is CCCSSCCC.CSCCC=O.Cc1ccccc1S. The fraction of sp³-hybridized carbons (Fsp3) is 0.588. The highest BCUT2D eigenvalue weighted by atomic mass is 33.1. The molecule has 0 saturated heterocycles. The Morgan fingerprint density at radius 1 is 1.05 bits per heavy atom. The Labute approximate surface area is 155 Å². The van der Waals surface area contributed by atoms with Crippen molar-refractivity contribution in [1.82, 2.24) is 0 Å². The first-order chi connectivity index (χ1) is 10.6. The van der Waals surface area contributed by atoms with E-state index in [0.29, 0.717) is 6.42 Å². The number of rotatable bonds is 8. The molecule has 0 aliphatic rings. The Hall–Kier alpha value is 0.290. The molecule has 1 nitrogen and oxygen atoms in total. The van der Waals surface area contributed by atoms with E-state index in [9.17, 15) is 4.79 Å². The second kappa shape index (κ2) is 21.3. The van der Waals surface area contributed by atoms with Gasteiger partial charge in [0.05, 0.1) is 0 Å². The van der Waals surface area contributed by atoms with E-state index in [-0.39, 0.29) is 0 Å². The monoisotopic (exact) mass is 378 g/mol. The van der Waals surface area contributed by atoms with Crippen LogP contribution in [0.15, 0.2) is 29.2 Å². The molecule has 1 rings (SSSR count). The van der Waals surface area contributed by atoms with Crippen LogP contribution < -0.4 is 0 Å². The molecule has 0 atom stereocenters. The maximum absolute atomic E-state index is 9.55. The van der Waals surface area contributed by atoms with E-state index in [2.05, 4.69) is 26.5 Å². The Morgan fingerprint density at radius 2 is 1.59 bits per heavy atom. The van der Waals surface area contributed by atoms with Gasteiger partial charge in [0, 0.05) is 22.8 Å². The van der Waals surface area contributed by atoms with E-state index < -0.39 is 0 Å². The fourth-order valence-electron chi connectivity index (χ4n) is 1.01. The van der Waals surface area contributed by atoms with Gasteiger partial charge in [-0.25, -0.2) is 0 Å². The Balaban J connectivity index is 0. The molecule has 22 heavy (non-hydrogen) atoms. The van der Waals surface area contributed by atoms with Crippen molar-refractivity contribution in [2.24, 2.45) is 0 Å². The van der Waals surface area contributed by atoms with Gasteiger partial charge in [-0.05, 0) is 43.4 Å². The Kier molecular flexibility index (Phi) is 23.7. The van der Waals surface area contributed by atoms with Crippen molar-refractivity contribution >= 4 is 52.3 Å². The minimum absolute atomic E-state index is 0.696. The van der Waals surface area contributed by atoms with Gasteiger partial charge in [0.2, 0.25) is 0 Å². The molecule has 128 valence electrons. The highest BCUT2D eigenvalue weighted by Crippen LogP contribution is 2.21. The minimum atomic E-state index is 0.696. The molecule has 0 N–H and O–H groups in total. The van der Waals surface area contributed by atoms with Crippen LogP contribution in [0, 0.1) is 6.92 Å². The molecular weight excluding hydrogens is 348 g/mol. The van der Waals surface area contributed by atoms with E-state index in [1.165, 1.54) is 29.9 Å². The first-order valence-electron chi connectivity index (χ1n) is 7.55. The van der Waals surface area contributed by atoms with Gasteiger partial charge in [-0.2, -0.15) is 11.8 Å². The van der Waals surface area contributed by atoms with Crippen molar-refractivity contribution in [2.45, 2.75) is 44.9 Å². The summed E-state index contributed by atoms with van der Waals surface area (Å²) in [6, 6.07) is 8.02. The molecule has 0 aliphatic heterocycles. The number of hydrogen-bond donors (Lipinski definition) is 1. The maximum Gasteiger partial charge on any atom is 0.120 e. The fourth-order valence-corrected chi connectivity index (χ4v) is 3.78. The second-order valence-electron chi connectivity index (χ2n) is 4.38. The molecule has 0 saturated carbocycles. The lowest BCUT2D eigenvalue weighted by Gasteiger charge is -1.93. The van der Waals surface area contributed by atoms with Gasteiger partial charge in [-0.3, -0.25) is 0 Å². The van der Waals surface area contributed by atoms with Crippen molar-refractivity contribution in [2.75, 3.05) is 23.5 Å². The third kappa shape index (κ3) is 20.3. The number of aldehydes is 1. The van der Waals surface area contributed by atoms with Crippen LogP contribution in [0.4, 0.5) is 0 Å². The summed E-state index contributed by atoms with van der Waals surface area (Å²) in [7, 11) is 3.99. The number of carbonyl (C=O) groups excluding carboxylic acids is 1. The molecule has 0 heterocycles. The molecule has 0 fully saturated rings. The van der Waals surface area contributed by atoms with Gasteiger partial charge >= 0.3 is 0 Å². The zero-order valence-corrected chi connectivity index (χ0v) is 17.6. The number of benzene rings is 1. The third-order valence-electron chi connectivity index (χ3n) is 2.21. The molecule has 0 spiro atoms. The zero-order chi connectivity index (χ0) is 17.1. The summed E-state index contributed by atoms with van der Waals surface area (Å²) in [4.78, 5) is 10.6. The minimum Gasteiger partial charge on any atom is -0.303 e. The summed E-state index contributed by atoms with van der Waals surface area (Å²) in [5.74, 6) is 3.58. The number of hydrogen-bond acceptors (Lipinski definition) is 5. The van der Waals surface area contributed by atoms with Crippen LogP contribution in [0.25, 0.3) is 0 Å².